The quantitative estimate of drug-likeness (QED) is 0.539. The van der Waals surface area contributed by atoms with Gasteiger partial charge in [0.05, 0.1) is 9.77 Å². The first-order valence-electron chi connectivity index (χ1n) is 10.3. The topological polar surface area (TPSA) is 95.6 Å². The minimum Gasteiger partial charge on any atom is -0.271 e. The van der Waals surface area contributed by atoms with Gasteiger partial charge >= 0.3 is 0 Å². The number of sulfonamides is 1. The highest BCUT2D eigenvalue weighted by Gasteiger charge is 2.39. The molecule has 1 aliphatic rings. The summed E-state index contributed by atoms with van der Waals surface area (Å²) in [5, 5.41) is 0. The Morgan fingerprint density at radius 3 is 2.39 bits per heavy atom. The maximum absolute atomic E-state index is 13.1. The van der Waals surface area contributed by atoms with Crippen LogP contribution in [0.25, 0.3) is 10.4 Å². The van der Waals surface area contributed by atoms with Gasteiger partial charge in [-0.1, -0.05) is 29.8 Å². The lowest BCUT2D eigenvalue weighted by Gasteiger charge is -2.23. The van der Waals surface area contributed by atoms with Gasteiger partial charge in [0.1, 0.15) is 11.9 Å². The first-order valence-corrected chi connectivity index (χ1v) is 12.6. The monoisotopic (exact) mass is 487 g/mol. The van der Waals surface area contributed by atoms with Crippen LogP contribution in [-0.4, -0.2) is 37.1 Å². The number of hydrazine groups is 1. The van der Waals surface area contributed by atoms with E-state index in [-0.39, 0.29) is 17.3 Å². The molecule has 4 rings (SSSR count). The number of amides is 2. The predicted octanol–water partition coefficient (Wildman–Crippen LogP) is 3.48. The van der Waals surface area contributed by atoms with Crippen molar-refractivity contribution in [3.63, 3.8) is 0 Å². The zero-order chi connectivity index (χ0) is 23.6. The van der Waals surface area contributed by atoms with Gasteiger partial charge < -0.3 is 0 Å². The van der Waals surface area contributed by atoms with Crippen LogP contribution in [0.2, 0.25) is 0 Å². The average molecular weight is 488 g/mol. The minimum atomic E-state index is -3.84. The normalized spacial score (nSPS) is 16.5. The van der Waals surface area contributed by atoms with Gasteiger partial charge in [0.2, 0.25) is 10.0 Å². The molecule has 33 heavy (non-hydrogen) atoms. The fourth-order valence-electron chi connectivity index (χ4n) is 3.63. The van der Waals surface area contributed by atoms with E-state index >= 15 is 0 Å². The molecule has 3 aromatic rings. The highest BCUT2D eigenvalue weighted by Crippen LogP contribution is 2.29. The van der Waals surface area contributed by atoms with Crippen molar-refractivity contribution >= 4 is 33.2 Å². The molecule has 0 aliphatic carbocycles. The molecule has 0 saturated carbocycles. The lowest BCUT2D eigenvalue weighted by atomic mass is 10.2. The summed E-state index contributed by atoms with van der Waals surface area (Å²) in [7, 11) is -3.84. The van der Waals surface area contributed by atoms with E-state index < -0.39 is 27.9 Å². The summed E-state index contributed by atoms with van der Waals surface area (Å²) in [5.41, 5.74) is 6.42. The second kappa shape index (κ2) is 9.42. The van der Waals surface area contributed by atoms with Crippen molar-refractivity contribution in [1.29, 1.82) is 0 Å². The van der Waals surface area contributed by atoms with Crippen LogP contribution in [0.15, 0.2) is 65.6 Å². The molecular weight excluding hydrogens is 465 g/mol. The van der Waals surface area contributed by atoms with Gasteiger partial charge in [0, 0.05) is 11.4 Å². The number of nitrogens with one attached hydrogen (secondary N) is 2. The number of aryl methyl sites for hydroxylation is 1. The molecule has 2 aromatic carbocycles. The van der Waals surface area contributed by atoms with Crippen molar-refractivity contribution in [3.05, 3.63) is 76.9 Å². The summed E-state index contributed by atoms with van der Waals surface area (Å²) in [6, 6.07) is 14.8. The summed E-state index contributed by atoms with van der Waals surface area (Å²) in [6.45, 7) is 2.09. The van der Waals surface area contributed by atoms with Gasteiger partial charge in [-0.3, -0.25) is 20.4 Å². The Kier molecular flexibility index (Phi) is 6.59. The first kappa shape index (κ1) is 23.1. The number of carbonyl (C=O) groups excluding carboxylic acids is 2. The van der Waals surface area contributed by atoms with Crippen LogP contribution in [0.1, 0.15) is 28.1 Å². The van der Waals surface area contributed by atoms with Gasteiger partial charge in [-0.2, -0.15) is 4.31 Å². The number of carbonyl (C=O) groups is 2. The van der Waals surface area contributed by atoms with E-state index in [9.17, 15) is 22.4 Å². The van der Waals surface area contributed by atoms with Gasteiger partial charge in [-0.25, -0.2) is 12.8 Å². The Hall–Kier alpha value is -3.08. The van der Waals surface area contributed by atoms with E-state index in [2.05, 4.69) is 10.9 Å². The van der Waals surface area contributed by atoms with Crippen LogP contribution in [-0.2, 0) is 14.8 Å². The molecule has 10 heteroatoms. The molecule has 1 atom stereocenters. The van der Waals surface area contributed by atoms with Crippen LogP contribution >= 0.6 is 11.3 Å². The second-order valence-electron chi connectivity index (χ2n) is 7.70. The van der Waals surface area contributed by atoms with Gasteiger partial charge in [0.25, 0.3) is 11.8 Å². The molecule has 0 bridgehead atoms. The Morgan fingerprint density at radius 1 is 1.00 bits per heavy atom. The Morgan fingerprint density at radius 2 is 1.70 bits per heavy atom. The summed E-state index contributed by atoms with van der Waals surface area (Å²) >= 11 is 1.19. The van der Waals surface area contributed by atoms with Crippen LogP contribution < -0.4 is 10.9 Å². The maximum Gasteiger partial charge on any atom is 0.279 e. The van der Waals surface area contributed by atoms with Crippen molar-refractivity contribution in [2.24, 2.45) is 0 Å². The number of hydrogen-bond donors (Lipinski definition) is 2. The van der Waals surface area contributed by atoms with Crippen molar-refractivity contribution < 1.29 is 22.4 Å². The molecule has 172 valence electrons. The zero-order valence-corrected chi connectivity index (χ0v) is 19.4. The fraction of sp³-hybridized carbons (Fsp3) is 0.217. The number of nitrogens with zero attached hydrogens (tertiary/aromatic N) is 1. The van der Waals surface area contributed by atoms with Crippen molar-refractivity contribution in [1.82, 2.24) is 15.2 Å². The summed E-state index contributed by atoms with van der Waals surface area (Å²) in [5.74, 6) is -1.46. The molecule has 2 amide bonds. The van der Waals surface area contributed by atoms with Crippen molar-refractivity contribution in [2.75, 3.05) is 6.54 Å². The molecule has 1 aromatic heterocycles. The molecule has 2 heterocycles. The highest BCUT2D eigenvalue weighted by atomic mass is 32.2. The highest BCUT2D eigenvalue weighted by molar-refractivity contribution is 7.89. The molecule has 0 radical (unpaired) electrons. The van der Waals surface area contributed by atoms with E-state index in [4.69, 9.17) is 0 Å². The molecule has 0 spiro atoms. The third-order valence-corrected chi connectivity index (χ3v) is 8.45. The third kappa shape index (κ3) is 4.97. The van der Waals surface area contributed by atoms with Crippen LogP contribution in [0.3, 0.4) is 0 Å². The lowest BCUT2D eigenvalue weighted by molar-refractivity contribution is -0.125. The van der Waals surface area contributed by atoms with Gasteiger partial charge in [0.15, 0.2) is 0 Å². The number of halogens is 1. The lowest BCUT2D eigenvalue weighted by Crippen LogP contribution is -2.51. The maximum atomic E-state index is 13.1. The standard InChI is InChI=1S/C23H22FN3O4S2/c1-15-4-10-18(11-5-15)33(30,31)27-14-2-3-19(27)22(28)25-26-23(29)21-13-12-20(32-21)16-6-8-17(24)9-7-16/h4-13,19H,2-3,14H2,1H3,(H,25,28)(H,26,29)/t19-/m0/s1. The molecule has 1 fully saturated rings. The predicted molar refractivity (Wildman–Crippen MR) is 123 cm³/mol. The molecule has 0 unspecified atom stereocenters. The number of rotatable bonds is 5. The minimum absolute atomic E-state index is 0.128. The van der Waals surface area contributed by atoms with Crippen LogP contribution in [0.4, 0.5) is 4.39 Å². The second-order valence-corrected chi connectivity index (χ2v) is 10.7. The van der Waals surface area contributed by atoms with Crippen LogP contribution in [0.5, 0.6) is 0 Å². The average Bonchev–Trinajstić information content (AvgIpc) is 3.49. The number of benzene rings is 2. The third-order valence-electron chi connectivity index (χ3n) is 5.39. The fourth-order valence-corrected chi connectivity index (χ4v) is 6.19. The van der Waals surface area contributed by atoms with E-state index in [1.54, 1.807) is 36.4 Å². The Labute approximate surface area is 195 Å². The SMILES string of the molecule is Cc1ccc(S(=O)(=O)N2CCC[C@H]2C(=O)NNC(=O)c2ccc(-c3ccc(F)cc3)s2)cc1. The summed E-state index contributed by atoms with van der Waals surface area (Å²) in [4.78, 5) is 26.5. The van der Waals surface area contributed by atoms with Gasteiger partial charge in [-0.15, -0.1) is 11.3 Å². The molecule has 1 saturated heterocycles. The van der Waals surface area contributed by atoms with E-state index in [1.807, 2.05) is 6.92 Å². The molecule has 2 N–H and O–H groups in total. The summed E-state index contributed by atoms with van der Waals surface area (Å²) < 4.78 is 40.3. The molecule has 7 nitrogen and oxygen atoms in total. The van der Waals surface area contributed by atoms with Crippen LogP contribution in [0, 0.1) is 12.7 Å². The van der Waals surface area contributed by atoms with E-state index in [0.717, 1.165) is 16.0 Å². The number of hydrogen-bond acceptors (Lipinski definition) is 5. The molecular formula is C23H22FN3O4S2. The van der Waals surface area contributed by atoms with Crippen molar-refractivity contribution in [2.45, 2.75) is 30.7 Å². The van der Waals surface area contributed by atoms with E-state index in [1.165, 1.54) is 39.9 Å². The van der Waals surface area contributed by atoms with Crippen molar-refractivity contribution in [3.8, 4) is 10.4 Å². The van der Waals surface area contributed by atoms with Gasteiger partial charge in [-0.05, 0) is 61.7 Å². The number of thiophene rings is 1. The summed E-state index contributed by atoms with van der Waals surface area (Å²) in [6.07, 6.45) is 0.906. The first-order chi connectivity index (χ1) is 15.8. The molecule has 1 aliphatic heterocycles. The smallest absolute Gasteiger partial charge is 0.271 e. The largest absolute Gasteiger partial charge is 0.279 e. The Bertz CT molecular complexity index is 1270. The zero-order valence-electron chi connectivity index (χ0n) is 17.7. The Balaban J connectivity index is 1.40. The van der Waals surface area contributed by atoms with E-state index in [0.29, 0.717) is 17.7 Å².